The van der Waals surface area contributed by atoms with Crippen molar-refractivity contribution in [2.45, 2.75) is 46.1 Å². The summed E-state index contributed by atoms with van der Waals surface area (Å²) in [6, 6.07) is 0. The van der Waals surface area contributed by atoms with E-state index >= 15 is 0 Å². The zero-order valence-corrected chi connectivity index (χ0v) is 10.5. The Hall–Kier alpha value is -0.770. The number of ether oxygens (including phenoxy) is 2. The Bertz CT molecular complexity index is 187. The Labute approximate surface area is 92.5 Å². The lowest BCUT2D eigenvalue weighted by Gasteiger charge is -2.26. The van der Waals surface area contributed by atoms with E-state index in [1.54, 1.807) is 12.0 Å². The largest absolute Gasteiger partial charge is 0.444 e. The maximum atomic E-state index is 11.7. The molecule has 0 aliphatic rings. The van der Waals surface area contributed by atoms with Gasteiger partial charge >= 0.3 is 6.09 Å². The monoisotopic (exact) mass is 217 g/mol. The summed E-state index contributed by atoms with van der Waals surface area (Å²) < 4.78 is 10.2. The van der Waals surface area contributed by atoms with E-state index in [1.807, 2.05) is 20.8 Å². The molecule has 0 aliphatic heterocycles. The summed E-state index contributed by atoms with van der Waals surface area (Å²) >= 11 is 0. The number of carbonyl (C=O) groups excluding carboxylic acids is 1. The molecule has 0 bridgehead atoms. The van der Waals surface area contributed by atoms with Crippen molar-refractivity contribution in [2.75, 3.05) is 20.4 Å². The number of methoxy groups -OCH3 is 1. The SMILES string of the molecule is CCCCN(COC)C(=O)OC(C)(C)C. The van der Waals surface area contributed by atoms with Gasteiger partial charge in [0, 0.05) is 13.7 Å². The third kappa shape index (κ3) is 7.19. The number of amides is 1. The van der Waals surface area contributed by atoms with Gasteiger partial charge in [-0.05, 0) is 27.2 Å². The molecule has 0 rings (SSSR count). The molecule has 15 heavy (non-hydrogen) atoms. The van der Waals surface area contributed by atoms with Crippen LogP contribution in [0, 0.1) is 0 Å². The van der Waals surface area contributed by atoms with Crippen LogP contribution in [0.5, 0.6) is 0 Å². The third-order valence-corrected chi connectivity index (χ3v) is 1.72. The minimum atomic E-state index is -0.449. The zero-order chi connectivity index (χ0) is 11.9. The maximum Gasteiger partial charge on any atom is 0.412 e. The lowest BCUT2D eigenvalue weighted by atomic mass is 10.2. The van der Waals surface area contributed by atoms with Crippen LogP contribution in [0.4, 0.5) is 4.79 Å². The Morgan fingerprint density at radius 3 is 2.33 bits per heavy atom. The zero-order valence-electron chi connectivity index (χ0n) is 10.5. The van der Waals surface area contributed by atoms with Gasteiger partial charge in [-0.3, -0.25) is 4.90 Å². The average molecular weight is 217 g/mol. The molecule has 0 aromatic carbocycles. The van der Waals surface area contributed by atoms with Crippen LogP contribution in [-0.4, -0.2) is 37.0 Å². The topological polar surface area (TPSA) is 38.8 Å². The van der Waals surface area contributed by atoms with E-state index in [-0.39, 0.29) is 12.8 Å². The van der Waals surface area contributed by atoms with Crippen LogP contribution < -0.4 is 0 Å². The molecule has 0 aromatic rings. The fourth-order valence-electron chi connectivity index (χ4n) is 1.04. The average Bonchev–Trinajstić information content (AvgIpc) is 2.09. The van der Waals surface area contributed by atoms with Gasteiger partial charge in [0.2, 0.25) is 0 Å². The second kappa shape index (κ2) is 6.67. The van der Waals surface area contributed by atoms with Crippen molar-refractivity contribution < 1.29 is 14.3 Å². The smallest absolute Gasteiger partial charge is 0.412 e. The van der Waals surface area contributed by atoms with E-state index in [4.69, 9.17) is 9.47 Å². The van der Waals surface area contributed by atoms with E-state index < -0.39 is 5.60 Å². The molecular weight excluding hydrogens is 194 g/mol. The molecule has 0 aliphatic carbocycles. The Morgan fingerprint density at radius 1 is 1.33 bits per heavy atom. The Balaban J connectivity index is 4.15. The van der Waals surface area contributed by atoms with Crippen LogP contribution in [0.25, 0.3) is 0 Å². The van der Waals surface area contributed by atoms with E-state index in [1.165, 1.54) is 0 Å². The van der Waals surface area contributed by atoms with Crippen molar-refractivity contribution in [3.05, 3.63) is 0 Å². The van der Waals surface area contributed by atoms with Crippen LogP contribution in [-0.2, 0) is 9.47 Å². The van der Waals surface area contributed by atoms with Gasteiger partial charge < -0.3 is 9.47 Å². The van der Waals surface area contributed by atoms with Crippen LogP contribution >= 0.6 is 0 Å². The molecule has 90 valence electrons. The molecular formula is C11H23NO3. The van der Waals surface area contributed by atoms with Gasteiger partial charge in [0.1, 0.15) is 12.3 Å². The van der Waals surface area contributed by atoms with Gasteiger partial charge in [0.25, 0.3) is 0 Å². The van der Waals surface area contributed by atoms with Crippen LogP contribution in [0.2, 0.25) is 0 Å². The van der Waals surface area contributed by atoms with Gasteiger partial charge in [-0.1, -0.05) is 13.3 Å². The highest BCUT2D eigenvalue weighted by Gasteiger charge is 2.21. The van der Waals surface area contributed by atoms with Crippen molar-refractivity contribution in [1.82, 2.24) is 4.90 Å². The number of carbonyl (C=O) groups is 1. The van der Waals surface area contributed by atoms with Crippen LogP contribution in [0.15, 0.2) is 0 Å². The molecule has 0 spiro atoms. The standard InChI is InChI=1S/C11H23NO3/c1-6-7-8-12(9-14-5)10(13)15-11(2,3)4/h6-9H2,1-5H3. The molecule has 0 atom stereocenters. The summed E-state index contributed by atoms with van der Waals surface area (Å²) in [4.78, 5) is 13.3. The molecule has 4 heteroatoms. The molecule has 1 amide bonds. The highest BCUT2D eigenvalue weighted by atomic mass is 16.6. The van der Waals surface area contributed by atoms with E-state index in [0.717, 1.165) is 12.8 Å². The molecule has 0 unspecified atom stereocenters. The fraction of sp³-hybridized carbons (Fsp3) is 0.909. The number of unbranched alkanes of at least 4 members (excludes halogenated alkanes) is 1. The van der Waals surface area contributed by atoms with E-state index in [0.29, 0.717) is 6.54 Å². The third-order valence-electron chi connectivity index (χ3n) is 1.72. The summed E-state index contributed by atoms with van der Waals surface area (Å²) in [6.07, 6.45) is 1.70. The predicted molar refractivity (Wildman–Crippen MR) is 59.7 cm³/mol. The van der Waals surface area contributed by atoms with Crippen molar-refractivity contribution in [2.24, 2.45) is 0 Å². The first-order valence-electron chi connectivity index (χ1n) is 5.37. The normalized spacial score (nSPS) is 11.3. The van der Waals surface area contributed by atoms with E-state index in [2.05, 4.69) is 6.92 Å². The molecule has 0 heterocycles. The lowest BCUT2D eigenvalue weighted by molar-refractivity contribution is -0.00315. The molecule has 0 radical (unpaired) electrons. The predicted octanol–water partition coefficient (Wildman–Crippen LogP) is 2.63. The highest BCUT2D eigenvalue weighted by molar-refractivity contribution is 5.67. The van der Waals surface area contributed by atoms with Crippen molar-refractivity contribution in [1.29, 1.82) is 0 Å². The molecule has 0 fully saturated rings. The van der Waals surface area contributed by atoms with Gasteiger partial charge in [-0.2, -0.15) is 0 Å². The summed E-state index contributed by atoms with van der Waals surface area (Å²) in [5.41, 5.74) is -0.449. The fourth-order valence-corrected chi connectivity index (χ4v) is 1.04. The first kappa shape index (κ1) is 14.2. The molecule has 0 saturated heterocycles. The first-order valence-corrected chi connectivity index (χ1v) is 5.37. The number of rotatable bonds is 5. The number of hydrogen-bond donors (Lipinski definition) is 0. The lowest BCUT2D eigenvalue weighted by Crippen LogP contribution is -2.38. The molecule has 0 aromatic heterocycles. The quantitative estimate of drug-likeness (QED) is 0.664. The van der Waals surface area contributed by atoms with Crippen molar-refractivity contribution in [3.63, 3.8) is 0 Å². The Morgan fingerprint density at radius 2 is 1.93 bits per heavy atom. The second-order valence-corrected chi connectivity index (χ2v) is 4.52. The summed E-state index contributed by atoms with van der Waals surface area (Å²) in [5, 5.41) is 0. The summed E-state index contributed by atoms with van der Waals surface area (Å²) in [5.74, 6) is 0. The second-order valence-electron chi connectivity index (χ2n) is 4.52. The minimum absolute atomic E-state index is 0.287. The van der Waals surface area contributed by atoms with Crippen molar-refractivity contribution in [3.8, 4) is 0 Å². The van der Waals surface area contributed by atoms with Crippen LogP contribution in [0.3, 0.4) is 0 Å². The molecule has 4 nitrogen and oxygen atoms in total. The van der Waals surface area contributed by atoms with Crippen molar-refractivity contribution >= 4 is 6.09 Å². The van der Waals surface area contributed by atoms with Gasteiger partial charge in [0.05, 0.1) is 0 Å². The van der Waals surface area contributed by atoms with Gasteiger partial charge in [-0.25, -0.2) is 4.79 Å². The molecule has 0 saturated carbocycles. The molecule has 0 N–H and O–H groups in total. The number of hydrogen-bond acceptors (Lipinski definition) is 3. The maximum absolute atomic E-state index is 11.7. The minimum Gasteiger partial charge on any atom is -0.444 e. The van der Waals surface area contributed by atoms with Crippen LogP contribution in [0.1, 0.15) is 40.5 Å². The van der Waals surface area contributed by atoms with Gasteiger partial charge in [-0.15, -0.1) is 0 Å². The Kier molecular flexibility index (Phi) is 6.32. The van der Waals surface area contributed by atoms with Gasteiger partial charge in [0.15, 0.2) is 0 Å². The number of nitrogens with zero attached hydrogens (tertiary/aromatic N) is 1. The summed E-state index contributed by atoms with van der Waals surface area (Å²) in [7, 11) is 1.57. The van der Waals surface area contributed by atoms with E-state index in [9.17, 15) is 4.79 Å². The summed E-state index contributed by atoms with van der Waals surface area (Å²) in [6.45, 7) is 8.62. The highest BCUT2D eigenvalue weighted by Crippen LogP contribution is 2.10. The first-order chi connectivity index (χ1) is 6.90.